The minimum absolute atomic E-state index is 0.0955. The highest BCUT2D eigenvalue weighted by Gasteiger charge is 2.02. The van der Waals surface area contributed by atoms with E-state index in [0.717, 1.165) is 31.4 Å². The number of hydrogen-bond acceptors (Lipinski definition) is 6. The van der Waals surface area contributed by atoms with Crippen LogP contribution in [0.5, 0.6) is 0 Å². The highest BCUT2D eigenvalue weighted by molar-refractivity contribution is 8.76. The van der Waals surface area contributed by atoms with Gasteiger partial charge in [0.05, 0.1) is 13.2 Å². The molecule has 0 aromatic carbocycles. The average Bonchev–Trinajstić information content (AvgIpc) is 2.37. The summed E-state index contributed by atoms with van der Waals surface area (Å²) in [6.07, 6.45) is 4.72. The van der Waals surface area contributed by atoms with Crippen molar-refractivity contribution in [1.82, 2.24) is 0 Å². The molecule has 0 saturated carbocycles. The highest BCUT2D eigenvalue weighted by atomic mass is 33.1. The van der Waals surface area contributed by atoms with E-state index in [-0.39, 0.29) is 11.9 Å². The van der Waals surface area contributed by atoms with Crippen molar-refractivity contribution in [3.05, 3.63) is 0 Å². The van der Waals surface area contributed by atoms with Crippen molar-refractivity contribution in [3.8, 4) is 0 Å². The summed E-state index contributed by atoms with van der Waals surface area (Å²) in [6, 6.07) is 0. The number of esters is 2. The first-order chi connectivity index (χ1) is 9.20. The molecule has 0 aromatic heterocycles. The molecule has 0 amide bonds. The third-order valence-electron chi connectivity index (χ3n) is 2.23. The molecule has 0 radical (unpaired) electrons. The molecule has 0 bridgehead atoms. The molecule has 0 unspecified atom stereocenters. The van der Waals surface area contributed by atoms with E-state index < -0.39 is 0 Å². The number of carbonyl (C=O) groups is 2. The predicted molar refractivity (Wildman–Crippen MR) is 81.3 cm³/mol. The average molecular weight is 308 g/mol. The van der Waals surface area contributed by atoms with Crippen molar-refractivity contribution < 1.29 is 19.1 Å². The van der Waals surface area contributed by atoms with Crippen LogP contribution in [0.25, 0.3) is 0 Å². The van der Waals surface area contributed by atoms with Crippen LogP contribution in [-0.2, 0) is 19.1 Å². The van der Waals surface area contributed by atoms with E-state index in [1.54, 1.807) is 21.6 Å². The minimum atomic E-state index is -0.144. The highest BCUT2D eigenvalue weighted by Crippen LogP contribution is 2.23. The molecular weight excluding hydrogens is 284 g/mol. The first kappa shape index (κ1) is 18.6. The van der Waals surface area contributed by atoms with Crippen LogP contribution < -0.4 is 0 Å². The number of hydrogen-bond donors (Lipinski definition) is 0. The lowest BCUT2D eigenvalue weighted by atomic mass is 10.1. The zero-order chi connectivity index (χ0) is 14.3. The molecule has 0 aliphatic carbocycles. The second-order valence-electron chi connectivity index (χ2n) is 3.86. The Morgan fingerprint density at radius 1 is 0.842 bits per heavy atom. The molecule has 0 atom stereocenters. The van der Waals surface area contributed by atoms with Gasteiger partial charge in [-0.15, -0.1) is 0 Å². The quantitative estimate of drug-likeness (QED) is 0.313. The summed E-state index contributed by atoms with van der Waals surface area (Å²) in [6.45, 7) is 4.55. The molecule has 0 aliphatic heterocycles. The van der Waals surface area contributed by atoms with E-state index in [4.69, 9.17) is 9.47 Å². The molecule has 0 spiro atoms. The first-order valence-corrected chi connectivity index (χ1v) is 9.25. The van der Waals surface area contributed by atoms with Crippen molar-refractivity contribution in [2.24, 2.45) is 0 Å². The normalized spacial score (nSPS) is 10.2. The Morgan fingerprint density at radius 2 is 1.47 bits per heavy atom. The monoisotopic (exact) mass is 308 g/mol. The number of carbonyl (C=O) groups excluding carboxylic acids is 2. The lowest BCUT2D eigenvalue weighted by Gasteiger charge is -2.03. The summed E-state index contributed by atoms with van der Waals surface area (Å²) in [5, 5.41) is 0. The fourth-order valence-electron chi connectivity index (χ4n) is 1.37. The van der Waals surface area contributed by atoms with E-state index in [0.29, 0.717) is 25.4 Å². The van der Waals surface area contributed by atoms with Crippen molar-refractivity contribution in [2.45, 2.75) is 46.0 Å². The Kier molecular flexibility index (Phi) is 13.8. The maximum atomic E-state index is 11.1. The summed E-state index contributed by atoms with van der Waals surface area (Å²) in [4.78, 5) is 22.1. The van der Waals surface area contributed by atoms with Crippen LogP contribution in [0.4, 0.5) is 0 Å². The van der Waals surface area contributed by atoms with Gasteiger partial charge in [0, 0.05) is 12.2 Å². The van der Waals surface area contributed by atoms with E-state index >= 15 is 0 Å². The van der Waals surface area contributed by atoms with Gasteiger partial charge in [0.1, 0.15) is 5.75 Å². The van der Waals surface area contributed by atoms with Gasteiger partial charge in [-0.1, -0.05) is 34.4 Å². The summed E-state index contributed by atoms with van der Waals surface area (Å²) in [5.41, 5.74) is 0. The topological polar surface area (TPSA) is 52.6 Å². The van der Waals surface area contributed by atoms with Gasteiger partial charge in [0.15, 0.2) is 0 Å². The number of unbranched alkanes of at least 4 members (excludes halogenated alkanes) is 3. The molecule has 0 aromatic rings. The Morgan fingerprint density at radius 3 is 2.16 bits per heavy atom. The van der Waals surface area contributed by atoms with Crippen LogP contribution in [0.3, 0.4) is 0 Å². The van der Waals surface area contributed by atoms with Crippen LogP contribution in [0, 0.1) is 0 Å². The van der Waals surface area contributed by atoms with Crippen molar-refractivity contribution in [2.75, 3.05) is 24.7 Å². The van der Waals surface area contributed by atoms with Crippen molar-refractivity contribution in [1.29, 1.82) is 0 Å². The Hall–Kier alpha value is -0.360. The molecule has 0 N–H and O–H groups in total. The molecule has 0 saturated heterocycles. The van der Waals surface area contributed by atoms with E-state index in [1.165, 1.54) is 0 Å². The molecule has 0 fully saturated rings. The second-order valence-corrected chi connectivity index (χ2v) is 6.44. The fourth-order valence-corrected chi connectivity index (χ4v) is 3.32. The summed E-state index contributed by atoms with van der Waals surface area (Å²) >= 11 is 0. The molecule has 112 valence electrons. The van der Waals surface area contributed by atoms with Gasteiger partial charge >= 0.3 is 11.9 Å². The van der Waals surface area contributed by atoms with Crippen molar-refractivity contribution >= 4 is 33.5 Å². The standard InChI is InChI=1S/C13H24O4S2/c1-3-16-12(14)9-7-5-6-8-10-18-19-11-13(15)17-4-2/h3-11H2,1-2H3. The first-order valence-electron chi connectivity index (χ1n) is 6.76. The Bertz CT molecular complexity index is 223. The van der Waals surface area contributed by atoms with Crippen molar-refractivity contribution in [3.63, 3.8) is 0 Å². The summed E-state index contributed by atoms with van der Waals surface area (Å²) in [7, 11) is 3.25. The van der Waals surface area contributed by atoms with Crippen LogP contribution in [-0.4, -0.2) is 36.7 Å². The Labute approximate surface area is 123 Å². The van der Waals surface area contributed by atoms with Crippen LogP contribution >= 0.6 is 21.6 Å². The molecule has 0 heterocycles. The minimum Gasteiger partial charge on any atom is -0.466 e. The van der Waals surface area contributed by atoms with Gasteiger partial charge in [0.25, 0.3) is 0 Å². The molecule has 19 heavy (non-hydrogen) atoms. The van der Waals surface area contributed by atoms with Crippen LogP contribution in [0.2, 0.25) is 0 Å². The van der Waals surface area contributed by atoms with Gasteiger partial charge in [-0.2, -0.15) is 0 Å². The van der Waals surface area contributed by atoms with E-state index in [9.17, 15) is 9.59 Å². The zero-order valence-electron chi connectivity index (χ0n) is 11.8. The molecule has 6 heteroatoms. The lowest BCUT2D eigenvalue weighted by Crippen LogP contribution is -2.05. The zero-order valence-corrected chi connectivity index (χ0v) is 13.4. The molecule has 0 rings (SSSR count). The van der Waals surface area contributed by atoms with Gasteiger partial charge in [-0.3, -0.25) is 9.59 Å². The van der Waals surface area contributed by atoms with E-state index in [1.807, 2.05) is 13.8 Å². The summed E-state index contributed by atoms with van der Waals surface area (Å²) in [5.74, 6) is 1.21. The molecular formula is C13H24O4S2. The van der Waals surface area contributed by atoms with Gasteiger partial charge in [-0.25, -0.2) is 0 Å². The maximum absolute atomic E-state index is 11.1. The van der Waals surface area contributed by atoms with E-state index in [2.05, 4.69) is 0 Å². The molecule has 4 nitrogen and oxygen atoms in total. The smallest absolute Gasteiger partial charge is 0.316 e. The van der Waals surface area contributed by atoms with Crippen LogP contribution in [0.1, 0.15) is 46.0 Å². The second kappa shape index (κ2) is 14.1. The third-order valence-corrected chi connectivity index (χ3v) is 4.56. The lowest BCUT2D eigenvalue weighted by molar-refractivity contribution is -0.143. The van der Waals surface area contributed by atoms with Gasteiger partial charge in [0.2, 0.25) is 0 Å². The van der Waals surface area contributed by atoms with Gasteiger partial charge in [-0.05, 0) is 26.7 Å². The number of ether oxygens (including phenoxy) is 2. The maximum Gasteiger partial charge on any atom is 0.316 e. The number of rotatable bonds is 12. The fraction of sp³-hybridized carbons (Fsp3) is 0.846. The van der Waals surface area contributed by atoms with Crippen LogP contribution in [0.15, 0.2) is 0 Å². The van der Waals surface area contributed by atoms with Gasteiger partial charge < -0.3 is 9.47 Å². The SMILES string of the molecule is CCOC(=O)CCCCCCSSCC(=O)OCC. The summed E-state index contributed by atoms with van der Waals surface area (Å²) < 4.78 is 9.68. The third kappa shape index (κ3) is 13.9. The Balaban J connectivity index is 3.15. The largest absolute Gasteiger partial charge is 0.466 e. The molecule has 0 aliphatic rings. The predicted octanol–water partition coefficient (Wildman–Crippen LogP) is 3.44.